The summed E-state index contributed by atoms with van der Waals surface area (Å²) in [5, 5.41) is 2.22. The molecule has 0 fully saturated rings. The Bertz CT molecular complexity index is 2120. The van der Waals surface area contributed by atoms with Crippen LogP contribution >= 0.6 is 0 Å². The van der Waals surface area contributed by atoms with Crippen LogP contribution in [0.1, 0.15) is 11.1 Å². The van der Waals surface area contributed by atoms with E-state index in [0.29, 0.717) is 13.2 Å². The van der Waals surface area contributed by atoms with Crippen LogP contribution in [-0.2, 0) is 27.2 Å². The number of ether oxygens (including phenoxy) is 3. The third kappa shape index (κ3) is 11.9. The van der Waals surface area contributed by atoms with Crippen molar-refractivity contribution in [2.24, 2.45) is 14.1 Å². The molecular formula is C43H42Br2I2N4O3. The van der Waals surface area contributed by atoms with Gasteiger partial charge < -0.3 is 96.1 Å². The van der Waals surface area contributed by atoms with Crippen molar-refractivity contribution in [1.29, 1.82) is 0 Å². The van der Waals surface area contributed by atoms with E-state index in [4.69, 9.17) is 14.2 Å². The minimum atomic E-state index is 0. The second-order valence-corrected chi connectivity index (χ2v) is 12.6. The van der Waals surface area contributed by atoms with E-state index in [1.54, 1.807) is 7.11 Å². The maximum atomic E-state index is 6.31. The second kappa shape index (κ2) is 21.4. The highest BCUT2D eigenvalue weighted by Gasteiger charge is 2.13. The SMILES string of the molecule is COc1ccc2cc(OCCOc3cc(C[n+]4ccc(-c5cc[n+](C)cc5)cc4)cc(C[n+]4ccc(-c5cc[n+](C)cc5)cc4)c3)ccc2c1.[Br-].[Br-].[I-].[I-]. The number of methoxy groups -OCH3 is 1. The van der Waals surface area contributed by atoms with Crippen LogP contribution in [0.3, 0.4) is 0 Å². The molecule has 0 aliphatic heterocycles. The lowest BCUT2D eigenvalue weighted by atomic mass is 10.1. The molecule has 0 unspecified atom stereocenters. The zero-order valence-corrected chi connectivity index (χ0v) is 37.8. The topological polar surface area (TPSA) is 43.2 Å². The molecule has 0 aliphatic carbocycles. The predicted octanol–water partition coefficient (Wildman–Crippen LogP) is -6.02. The Morgan fingerprint density at radius 2 is 0.796 bits per heavy atom. The average molecular weight is 1080 g/mol. The Labute approximate surface area is 372 Å². The lowest BCUT2D eigenvalue weighted by molar-refractivity contribution is -0.689. The van der Waals surface area contributed by atoms with E-state index >= 15 is 0 Å². The molecule has 3 aromatic carbocycles. The van der Waals surface area contributed by atoms with E-state index in [1.165, 1.54) is 33.4 Å². The van der Waals surface area contributed by atoms with Crippen LogP contribution in [0.15, 0.2) is 153 Å². The Hall–Kier alpha value is -3.66. The molecule has 280 valence electrons. The van der Waals surface area contributed by atoms with E-state index in [-0.39, 0.29) is 81.9 Å². The number of pyridine rings is 4. The molecule has 7 nitrogen and oxygen atoms in total. The monoisotopic (exact) mass is 1070 g/mol. The van der Waals surface area contributed by atoms with Gasteiger partial charge in [-0.3, -0.25) is 0 Å². The molecule has 7 aromatic rings. The van der Waals surface area contributed by atoms with Gasteiger partial charge in [0.25, 0.3) is 0 Å². The Morgan fingerprint density at radius 1 is 0.426 bits per heavy atom. The van der Waals surface area contributed by atoms with E-state index in [0.717, 1.165) is 41.1 Å². The lowest BCUT2D eigenvalue weighted by Crippen LogP contribution is -3.00. The molecule has 0 saturated carbocycles. The van der Waals surface area contributed by atoms with Gasteiger partial charge in [0, 0.05) is 59.7 Å². The van der Waals surface area contributed by atoms with E-state index < -0.39 is 0 Å². The van der Waals surface area contributed by atoms with E-state index in [1.807, 2.05) is 53.6 Å². The van der Waals surface area contributed by atoms with Gasteiger partial charge in [-0.15, -0.1) is 0 Å². The number of halogens is 4. The van der Waals surface area contributed by atoms with Crippen LogP contribution in [0.2, 0.25) is 0 Å². The largest absolute Gasteiger partial charge is 1.00 e. The molecule has 0 N–H and O–H groups in total. The molecule has 4 aromatic heterocycles. The zero-order chi connectivity index (χ0) is 34.3. The van der Waals surface area contributed by atoms with Gasteiger partial charge in [-0.25, -0.2) is 18.3 Å². The van der Waals surface area contributed by atoms with Gasteiger partial charge >= 0.3 is 0 Å². The molecule has 0 atom stereocenters. The van der Waals surface area contributed by atoms with Gasteiger partial charge in [-0.05, 0) is 75.5 Å². The highest BCUT2D eigenvalue weighted by atomic mass is 127. The maximum absolute atomic E-state index is 6.31. The summed E-state index contributed by atoms with van der Waals surface area (Å²) in [5.74, 6) is 2.49. The molecule has 0 saturated heterocycles. The van der Waals surface area contributed by atoms with Gasteiger partial charge in [-0.2, -0.15) is 0 Å². The quantitative estimate of drug-likeness (QED) is 0.0697. The fourth-order valence-corrected chi connectivity index (χ4v) is 6.05. The van der Waals surface area contributed by atoms with Gasteiger partial charge in [0.2, 0.25) is 0 Å². The summed E-state index contributed by atoms with van der Waals surface area (Å²) in [6.45, 7) is 2.31. The molecule has 4 heterocycles. The smallest absolute Gasteiger partial charge is 0.173 e. The lowest BCUT2D eigenvalue weighted by Gasteiger charge is -2.11. The van der Waals surface area contributed by atoms with Crippen molar-refractivity contribution in [3.63, 3.8) is 0 Å². The number of benzene rings is 3. The number of hydrogen-bond donors (Lipinski definition) is 0. The highest BCUT2D eigenvalue weighted by Crippen LogP contribution is 2.25. The fourth-order valence-electron chi connectivity index (χ4n) is 6.05. The first-order valence-corrected chi connectivity index (χ1v) is 16.8. The van der Waals surface area contributed by atoms with Crippen LogP contribution in [0, 0.1) is 0 Å². The molecule has 0 spiro atoms. The van der Waals surface area contributed by atoms with Gasteiger partial charge in [0.15, 0.2) is 62.7 Å². The summed E-state index contributed by atoms with van der Waals surface area (Å²) in [6.07, 6.45) is 16.8. The van der Waals surface area contributed by atoms with Gasteiger partial charge in [0.05, 0.1) is 7.11 Å². The number of rotatable bonds is 12. The van der Waals surface area contributed by atoms with Gasteiger partial charge in [0.1, 0.15) is 44.6 Å². The van der Waals surface area contributed by atoms with E-state index in [9.17, 15) is 0 Å². The number of aromatic nitrogens is 4. The number of aryl methyl sites for hydroxylation is 2. The molecule has 11 heteroatoms. The Morgan fingerprint density at radius 3 is 1.22 bits per heavy atom. The zero-order valence-electron chi connectivity index (χ0n) is 30.3. The van der Waals surface area contributed by atoms with Crippen LogP contribution in [-0.4, -0.2) is 20.3 Å². The molecule has 0 aliphatic rings. The molecule has 0 radical (unpaired) electrons. The Balaban J connectivity index is 0.00000196. The van der Waals surface area contributed by atoms with Crippen LogP contribution in [0.25, 0.3) is 33.0 Å². The summed E-state index contributed by atoms with van der Waals surface area (Å²) >= 11 is 0. The standard InChI is InChI=1S/C43H42N4O3.2BrH.2HI/c1-44-16-8-35(9-17-44)37-12-20-46(21-13-37)31-33-26-34(32-47-22-14-38(15-23-47)36-10-18-45(2)19-11-36)28-43(27-33)50-25-24-49-42-7-5-39-29-41(48-3)6-4-40(39)30-42;;;;/h4-23,26-30H,24-25,31-32H2,1-3H3;4*1H/q+4;;;;/p-4. The first-order valence-electron chi connectivity index (χ1n) is 16.8. The van der Waals surface area contributed by atoms with Crippen molar-refractivity contribution < 1.29 is 114 Å². The summed E-state index contributed by atoms with van der Waals surface area (Å²) in [5.41, 5.74) is 7.11. The fraction of sp³-hybridized carbons (Fsp3) is 0.163. The first-order chi connectivity index (χ1) is 24.5. The van der Waals surface area contributed by atoms with Crippen LogP contribution in [0.5, 0.6) is 17.2 Å². The first kappa shape index (κ1) is 44.7. The van der Waals surface area contributed by atoms with Crippen molar-refractivity contribution >= 4 is 10.8 Å². The molecule has 54 heavy (non-hydrogen) atoms. The van der Waals surface area contributed by atoms with Crippen molar-refractivity contribution in [1.82, 2.24) is 0 Å². The van der Waals surface area contributed by atoms with Crippen LogP contribution < -0.4 is 114 Å². The summed E-state index contributed by atoms with van der Waals surface area (Å²) in [7, 11) is 5.74. The average Bonchev–Trinajstić information content (AvgIpc) is 3.14. The maximum Gasteiger partial charge on any atom is 0.173 e. The number of fused-ring (bicyclic) bond motifs is 1. The molecule has 0 amide bonds. The third-order valence-corrected chi connectivity index (χ3v) is 8.80. The molecule has 7 rings (SSSR count). The van der Waals surface area contributed by atoms with Crippen LogP contribution in [0.4, 0.5) is 0 Å². The summed E-state index contributed by atoms with van der Waals surface area (Å²) in [4.78, 5) is 0. The predicted molar refractivity (Wildman–Crippen MR) is 193 cm³/mol. The normalized spacial score (nSPS) is 10.2. The third-order valence-electron chi connectivity index (χ3n) is 8.80. The number of nitrogens with zero attached hydrogens (tertiary/aromatic N) is 4. The van der Waals surface area contributed by atoms with E-state index in [2.05, 4.69) is 132 Å². The summed E-state index contributed by atoms with van der Waals surface area (Å²) in [6, 6.07) is 35.9. The second-order valence-electron chi connectivity index (χ2n) is 12.6. The summed E-state index contributed by atoms with van der Waals surface area (Å²) < 4.78 is 26.2. The Kier molecular flexibility index (Phi) is 17.8. The highest BCUT2D eigenvalue weighted by molar-refractivity contribution is 5.85. The van der Waals surface area contributed by atoms with Crippen molar-refractivity contribution in [2.75, 3.05) is 20.3 Å². The van der Waals surface area contributed by atoms with Gasteiger partial charge in [-0.1, -0.05) is 12.1 Å². The minimum absolute atomic E-state index is 0. The molecular weight excluding hydrogens is 1030 g/mol. The van der Waals surface area contributed by atoms with Crippen molar-refractivity contribution in [2.45, 2.75) is 13.1 Å². The van der Waals surface area contributed by atoms with Crippen molar-refractivity contribution in [3.8, 4) is 39.5 Å². The minimum Gasteiger partial charge on any atom is -1.00 e. The molecule has 0 bridgehead atoms. The van der Waals surface area contributed by atoms with Crippen molar-refractivity contribution in [3.05, 3.63) is 164 Å². The number of hydrogen-bond acceptors (Lipinski definition) is 3.